The van der Waals surface area contributed by atoms with Gasteiger partial charge < -0.3 is 9.26 Å². The van der Waals surface area contributed by atoms with Crippen LogP contribution in [0.5, 0.6) is 5.88 Å². The molecule has 0 aliphatic heterocycles. The van der Waals surface area contributed by atoms with Gasteiger partial charge >= 0.3 is 0 Å². The summed E-state index contributed by atoms with van der Waals surface area (Å²) in [5, 5.41) is 5.57. The number of halogens is 2. The predicted octanol–water partition coefficient (Wildman–Crippen LogP) is 5.34. The van der Waals surface area contributed by atoms with Gasteiger partial charge in [-0.25, -0.2) is 9.97 Å². The van der Waals surface area contributed by atoms with Crippen LogP contribution in [0.15, 0.2) is 46.7 Å². The monoisotopic (exact) mass is 393 g/mol. The van der Waals surface area contributed by atoms with E-state index in [1.165, 1.54) is 6.33 Å². The van der Waals surface area contributed by atoms with Crippen LogP contribution in [0, 0.1) is 0 Å². The van der Waals surface area contributed by atoms with Crippen LogP contribution in [0.3, 0.4) is 0 Å². The minimum absolute atomic E-state index is 0.142. The fourth-order valence-corrected chi connectivity index (χ4v) is 3.03. The predicted molar refractivity (Wildman–Crippen MR) is 100 cm³/mol. The molecule has 0 saturated heterocycles. The standard InChI is InChI=1S/C17H13Cl2N3O2S/c1-9(2)15-16(20-8-21-17(15)25)23-7-11-6-14(22-24-11)12-4-3-10(18)5-13(12)19/h3-6,8H,1,7H2,2H3,(H,20,21,25). The van der Waals surface area contributed by atoms with Crippen molar-refractivity contribution in [3.05, 3.63) is 58.5 Å². The highest BCUT2D eigenvalue weighted by atomic mass is 35.5. The molecule has 0 aliphatic carbocycles. The number of allylic oxidation sites excluding steroid dienone is 1. The van der Waals surface area contributed by atoms with Gasteiger partial charge in [0, 0.05) is 16.7 Å². The number of ether oxygens (including phenoxy) is 1. The molecule has 0 N–H and O–H groups in total. The van der Waals surface area contributed by atoms with Crippen LogP contribution in [0.25, 0.3) is 16.8 Å². The Labute approximate surface area is 160 Å². The van der Waals surface area contributed by atoms with E-state index in [4.69, 9.17) is 32.5 Å². The van der Waals surface area contributed by atoms with Crippen molar-refractivity contribution in [2.24, 2.45) is 0 Å². The summed E-state index contributed by atoms with van der Waals surface area (Å²) in [6.07, 6.45) is 1.38. The van der Waals surface area contributed by atoms with Crippen LogP contribution < -0.4 is 4.74 Å². The molecule has 2 aromatic heterocycles. The van der Waals surface area contributed by atoms with Crippen LogP contribution in [-0.2, 0) is 6.61 Å². The van der Waals surface area contributed by atoms with E-state index < -0.39 is 0 Å². The highest BCUT2D eigenvalue weighted by Crippen LogP contribution is 2.31. The van der Waals surface area contributed by atoms with E-state index in [-0.39, 0.29) is 6.61 Å². The Bertz CT molecular complexity index is 943. The maximum absolute atomic E-state index is 6.19. The quantitative estimate of drug-likeness (QED) is 0.468. The molecule has 8 heteroatoms. The Hall–Kier alpha value is -2.02. The van der Waals surface area contributed by atoms with E-state index in [1.54, 1.807) is 24.3 Å². The number of nitrogens with zero attached hydrogens (tertiary/aromatic N) is 3. The zero-order valence-electron chi connectivity index (χ0n) is 13.2. The van der Waals surface area contributed by atoms with E-state index in [9.17, 15) is 0 Å². The van der Waals surface area contributed by atoms with E-state index in [2.05, 4.69) is 34.3 Å². The summed E-state index contributed by atoms with van der Waals surface area (Å²) >= 11 is 16.4. The first-order valence-corrected chi connectivity index (χ1v) is 8.39. The largest absolute Gasteiger partial charge is 0.469 e. The molecule has 0 aliphatic rings. The normalized spacial score (nSPS) is 10.7. The molecule has 3 aromatic rings. The Kier molecular flexibility index (Phi) is 5.32. The third-order valence-corrected chi connectivity index (χ3v) is 4.22. The number of aromatic nitrogens is 3. The molecule has 0 fully saturated rings. The van der Waals surface area contributed by atoms with Crippen molar-refractivity contribution < 1.29 is 9.26 Å². The van der Waals surface area contributed by atoms with Crippen molar-refractivity contribution >= 4 is 41.4 Å². The maximum Gasteiger partial charge on any atom is 0.225 e. The lowest BCUT2D eigenvalue weighted by molar-refractivity contribution is 0.240. The van der Waals surface area contributed by atoms with Gasteiger partial charge in [-0.15, -0.1) is 12.6 Å². The third kappa shape index (κ3) is 3.98. The number of benzene rings is 1. The fourth-order valence-electron chi connectivity index (χ4n) is 2.19. The van der Waals surface area contributed by atoms with Gasteiger partial charge in [0.15, 0.2) is 12.4 Å². The molecule has 0 atom stereocenters. The van der Waals surface area contributed by atoms with Gasteiger partial charge in [0.25, 0.3) is 0 Å². The summed E-state index contributed by atoms with van der Waals surface area (Å²) in [5.41, 5.74) is 2.74. The second-order valence-electron chi connectivity index (χ2n) is 5.25. The van der Waals surface area contributed by atoms with Crippen molar-refractivity contribution in [2.75, 3.05) is 0 Å². The molecular weight excluding hydrogens is 381 g/mol. The summed E-state index contributed by atoms with van der Waals surface area (Å²) in [5.74, 6) is 0.906. The minimum atomic E-state index is 0.142. The Morgan fingerprint density at radius 2 is 2.08 bits per heavy atom. The molecule has 5 nitrogen and oxygen atoms in total. The zero-order valence-corrected chi connectivity index (χ0v) is 15.6. The fraction of sp³-hybridized carbons (Fsp3) is 0.118. The first-order chi connectivity index (χ1) is 12.0. The number of rotatable bonds is 5. The van der Waals surface area contributed by atoms with Gasteiger partial charge in [-0.05, 0) is 30.7 Å². The van der Waals surface area contributed by atoms with Gasteiger partial charge in [-0.2, -0.15) is 0 Å². The molecule has 0 bridgehead atoms. The van der Waals surface area contributed by atoms with Gasteiger partial charge in [0.2, 0.25) is 5.88 Å². The summed E-state index contributed by atoms with van der Waals surface area (Å²) < 4.78 is 11.0. The maximum atomic E-state index is 6.19. The highest BCUT2D eigenvalue weighted by Gasteiger charge is 2.14. The first kappa shape index (κ1) is 17.8. The second kappa shape index (κ2) is 7.47. The van der Waals surface area contributed by atoms with Crippen molar-refractivity contribution in [3.8, 4) is 17.1 Å². The molecular formula is C17H13Cl2N3O2S. The van der Waals surface area contributed by atoms with Crippen molar-refractivity contribution in [2.45, 2.75) is 18.6 Å². The van der Waals surface area contributed by atoms with Crippen molar-refractivity contribution in [3.63, 3.8) is 0 Å². The van der Waals surface area contributed by atoms with E-state index >= 15 is 0 Å². The Morgan fingerprint density at radius 3 is 2.80 bits per heavy atom. The average Bonchev–Trinajstić information content (AvgIpc) is 3.01. The number of thiol groups is 1. The van der Waals surface area contributed by atoms with Crippen molar-refractivity contribution in [1.82, 2.24) is 15.1 Å². The zero-order chi connectivity index (χ0) is 18.0. The molecule has 2 heterocycles. The van der Waals surface area contributed by atoms with E-state index in [1.807, 2.05) is 6.92 Å². The lowest BCUT2D eigenvalue weighted by Crippen LogP contribution is -2.01. The highest BCUT2D eigenvalue weighted by molar-refractivity contribution is 7.80. The summed E-state index contributed by atoms with van der Waals surface area (Å²) in [7, 11) is 0. The average molecular weight is 394 g/mol. The Balaban J connectivity index is 1.79. The van der Waals surface area contributed by atoms with Gasteiger partial charge in [-0.1, -0.05) is 34.9 Å². The van der Waals surface area contributed by atoms with Gasteiger partial charge in [0.1, 0.15) is 17.0 Å². The summed E-state index contributed by atoms with van der Waals surface area (Å²) in [6, 6.07) is 6.92. The van der Waals surface area contributed by atoms with Crippen LogP contribution >= 0.6 is 35.8 Å². The molecule has 0 spiro atoms. The SMILES string of the molecule is C=C(C)c1c(S)ncnc1OCc1cc(-c2ccc(Cl)cc2Cl)no1. The van der Waals surface area contributed by atoms with Crippen LogP contribution in [0.1, 0.15) is 18.2 Å². The van der Waals surface area contributed by atoms with E-state index in [0.29, 0.717) is 38.0 Å². The molecule has 0 amide bonds. The topological polar surface area (TPSA) is 61.0 Å². The van der Waals surface area contributed by atoms with Crippen molar-refractivity contribution in [1.29, 1.82) is 0 Å². The lowest BCUT2D eigenvalue weighted by atomic mass is 10.1. The molecule has 0 unspecified atom stereocenters. The summed E-state index contributed by atoms with van der Waals surface area (Å²) in [6.45, 7) is 5.87. The first-order valence-electron chi connectivity index (χ1n) is 7.19. The van der Waals surface area contributed by atoms with Gasteiger partial charge in [-0.3, -0.25) is 0 Å². The third-order valence-electron chi connectivity index (χ3n) is 3.34. The second-order valence-corrected chi connectivity index (χ2v) is 6.52. The molecule has 0 radical (unpaired) electrons. The van der Waals surface area contributed by atoms with Crippen LogP contribution in [-0.4, -0.2) is 15.1 Å². The molecule has 25 heavy (non-hydrogen) atoms. The van der Waals surface area contributed by atoms with Crippen LogP contribution in [0.4, 0.5) is 0 Å². The molecule has 1 aromatic carbocycles. The van der Waals surface area contributed by atoms with Gasteiger partial charge in [0.05, 0.1) is 10.6 Å². The summed E-state index contributed by atoms with van der Waals surface area (Å²) in [4.78, 5) is 8.15. The smallest absolute Gasteiger partial charge is 0.225 e. The van der Waals surface area contributed by atoms with E-state index in [0.717, 1.165) is 11.1 Å². The minimum Gasteiger partial charge on any atom is -0.469 e. The molecule has 0 saturated carbocycles. The number of hydrogen-bond donors (Lipinski definition) is 1. The van der Waals surface area contributed by atoms with Crippen LogP contribution in [0.2, 0.25) is 10.0 Å². The Morgan fingerprint density at radius 1 is 1.28 bits per heavy atom. The lowest BCUT2D eigenvalue weighted by Gasteiger charge is -2.09. The number of hydrogen-bond acceptors (Lipinski definition) is 6. The molecule has 128 valence electrons. The molecule has 3 rings (SSSR count).